The second kappa shape index (κ2) is 9.03. The van der Waals surface area contributed by atoms with E-state index in [1.807, 2.05) is 72.9 Å². The van der Waals surface area contributed by atoms with Gasteiger partial charge in [-0.1, -0.05) is 103 Å². The molecule has 0 fully saturated rings. The van der Waals surface area contributed by atoms with E-state index >= 15 is 0 Å². The first-order valence-corrected chi connectivity index (χ1v) is 13.2. The maximum absolute atomic E-state index is 5.17. The second-order valence-corrected chi connectivity index (χ2v) is 9.77. The minimum absolute atomic E-state index is 0.657. The Bertz CT molecular complexity index is 2150. The third-order valence-corrected chi connectivity index (χ3v) is 7.30. The zero-order valence-electron chi connectivity index (χ0n) is 21.4. The Morgan fingerprint density at radius 3 is 1.95 bits per heavy atom. The summed E-state index contributed by atoms with van der Waals surface area (Å²) in [6.07, 6.45) is 1.81. The first kappa shape index (κ1) is 22.4. The van der Waals surface area contributed by atoms with Gasteiger partial charge in [-0.3, -0.25) is 4.98 Å². The van der Waals surface area contributed by atoms with Crippen LogP contribution in [0.15, 0.2) is 128 Å². The fraction of sp³-hybridized carbons (Fsp3) is 0. The van der Waals surface area contributed by atoms with Crippen LogP contribution in [0, 0.1) is 0 Å². The molecule has 0 unspecified atom stereocenters. The molecule has 4 aromatic heterocycles. The molecule has 0 aliphatic rings. The lowest BCUT2D eigenvalue weighted by Gasteiger charge is -2.13. The Morgan fingerprint density at radius 1 is 0.425 bits per heavy atom. The van der Waals surface area contributed by atoms with E-state index in [4.69, 9.17) is 19.9 Å². The molecule has 40 heavy (non-hydrogen) atoms. The number of benzene rings is 4. The molecule has 0 radical (unpaired) electrons. The molecular weight excluding hydrogens is 490 g/mol. The molecule has 5 nitrogen and oxygen atoms in total. The summed E-state index contributed by atoms with van der Waals surface area (Å²) in [5, 5.41) is 5.20. The van der Waals surface area contributed by atoms with Gasteiger partial charge in [0.05, 0.1) is 28.1 Å². The van der Waals surface area contributed by atoms with Gasteiger partial charge in [-0.15, -0.1) is 0 Å². The van der Waals surface area contributed by atoms with E-state index in [9.17, 15) is 0 Å². The summed E-state index contributed by atoms with van der Waals surface area (Å²) in [6.45, 7) is 0. The van der Waals surface area contributed by atoms with Crippen LogP contribution in [-0.4, -0.2) is 24.9 Å². The van der Waals surface area contributed by atoms with Crippen LogP contribution < -0.4 is 0 Å². The van der Waals surface area contributed by atoms with Crippen LogP contribution in [0.5, 0.6) is 0 Å². The van der Waals surface area contributed by atoms with Gasteiger partial charge in [0.25, 0.3) is 0 Å². The summed E-state index contributed by atoms with van der Waals surface area (Å²) in [4.78, 5) is 24.9. The number of hydrogen-bond donors (Lipinski definition) is 0. The van der Waals surface area contributed by atoms with E-state index in [-0.39, 0.29) is 0 Å². The van der Waals surface area contributed by atoms with Crippen LogP contribution in [0.2, 0.25) is 0 Å². The molecule has 0 aliphatic carbocycles. The van der Waals surface area contributed by atoms with Crippen molar-refractivity contribution < 1.29 is 0 Å². The Labute approximate surface area is 229 Å². The molecule has 4 aromatic carbocycles. The average molecular weight is 512 g/mol. The van der Waals surface area contributed by atoms with Crippen molar-refractivity contribution in [1.82, 2.24) is 24.9 Å². The SMILES string of the molecule is c1ccc(-c2cc(-c3nc4nc5c(ccc6cccnc65)cc4c4ccccc34)nc(-c3ccccc3)n2)cc1. The molecular formula is C35H21N5. The number of aromatic nitrogens is 5. The van der Waals surface area contributed by atoms with E-state index in [1.54, 1.807) is 0 Å². The smallest absolute Gasteiger partial charge is 0.161 e. The van der Waals surface area contributed by atoms with Crippen molar-refractivity contribution in [3.63, 3.8) is 0 Å². The molecule has 8 aromatic rings. The van der Waals surface area contributed by atoms with Gasteiger partial charge in [-0.05, 0) is 23.6 Å². The highest BCUT2D eigenvalue weighted by molar-refractivity contribution is 6.14. The predicted molar refractivity (Wildman–Crippen MR) is 162 cm³/mol. The van der Waals surface area contributed by atoms with Gasteiger partial charge in [-0.2, -0.15) is 0 Å². The average Bonchev–Trinajstić information content (AvgIpc) is 3.04. The van der Waals surface area contributed by atoms with Crippen molar-refractivity contribution >= 4 is 43.6 Å². The summed E-state index contributed by atoms with van der Waals surface area (Å²) in [7, 11) is 0. The number of rotatable bonds is 3. The minimum atomic E-state index is 0.657. The number of pyridine rings is 3. The van der Waals surface area contributed by atoms with E-state index < -0.39 is 0 Å². The van der Waals surface area contributed by atoms with E-state index in [1.165, 1.54) is 0 Å². The van der Waals surface area contributed by atoms with Crippen LogP contribution in [0.3, 0.4) is 0 Å². The van der Waals surface area contributed by atoms with Gasteiger partial charge < -0.3 is 0 Å². The molecule has 0 N–H and O–H groups in total. The normalized spacial score (nSPS) is 11.5. The van der Waals surface area contributed by atoms with Crippen LogP contribution in [0.4, 0.5) is 0 Å². The third kappa shape index (κ3) is 3.68. The molecule has 0 bridgehead atoms. The Hall–Kier alpha value is -5.55. The molecule has 186 valence electrons. The number of fused-ring (bicyclic) bond motifs is 6. The van der Waals surface area contributed by atoms with Crippen LogP contribution in [0.1, 0.15) is 0 Å². The highest BCUT2D eigenvalue weighted by Crippen LogP contribution is 2.35. The zero-order valence-corrected chi connectivity index (χ0v) is 21.4. The lowest BCUT2D eigenvalue weighted by Crippen LogP contribution is -1.99. The summed E-state index contributed by atoms with van der Waals surface area (Å²) in [5.74, 6) is 0.657. The third-order valence-electron chi connectivity index (χ3n) is 7.30. The van der Waals surface area contributed by atoms with Gasteiger partial charge >= 0.3 is 0 Å². The second-order valence-electron chi connectivity index (χ2n) is 9.77. The summed E-state index contributed by atoms with van der Waals surface area (Å²) >= 11 is 0. The van der Waals surface area contributed by atoms with Crippen molar-refractivity contribution in [2.75, 3.05) is 0 Å². The molecule has 0 atom stereocenters. The lowest BCUT2D eigenvalue weighted by molar-refractivity contribution is 1.17. The molecule has 0 saturated heterocycles. The molecule has 0 saturated carbocycles. The zero-order chi connectivity index (χ0) is 26.5. The summed E-state index contributed by atoms with van der Waals surface area (Å²) < 4.78 is 0. The van der Waals surface area contributed by atoms with Crippen LogP contribution >= 0.6 is 0 Å². The van der Waals surface area contributed by atoms with Gasteiger partial charge in [-0.25, -0.2) is 19.9 Å². The quantitative estimate of drug-likeness (QED) is 0.176. The maximum Gasteiger partial charge on any atom is 0.161 e. The fourth-order valence-electron chi connectivity index (χ4n) is 5.38. The first-order valence-electron chi connectivity index (χ1n) is 13.2. The Morgan fingerprint density at radius 2 is 1.12 bits per heavy atom. The lowest BCUT2D eigenvalue weighted by atomic mass is 10.0. The van der Waals surface area contributed by atoms with E-state index in [0.717, 1.165) is 66.2 Å². The first-order chi connectivity index (χ1) is 19.8. The fourth-order valence-corrected chi connectivity index (χ4v) is 5.38. The van der Waals surface area contributed by atoms with Crippen LogP contribution in [0.25, 0.3) is 77.6 Å². The van der Waals surface area contributed by atoms with Crippen molar-refractivity contribution in [3.8, 4) is 34.0 Å². The molecule has 0 aliphatic heterocycles. The summed E-state index contributed by atoms with van der Waals surface area (Å²) in [5.41, 5.74) is 6.74. The Kier molecular flexibility index (Phi) is 5.07. The molecule has 5 heteroatoms. The highest BCUT2D eigenvalue weighted by Gasteiger charge is 2.17. The van der Waals surface area contributed by atoms with Crippen molar-refractivity contribution in [1.29, 1.82) is 0 Å². The van der Waals surface area contributed by atoms with Gasteiger partial charge in [0.1, 0.15) is 0 Å². The molecule has 8 rings (SSSR count). The predicted octanol–water partition coefficient (Wildman–Crippen LogP) is 8.28. The maximum atomic E-state index is 5.17. The van der Waals surface area contributed by atoms with Gasteiger partial charge in [0, 0.05) is 38.9 Å². The van der Waals surface area contributed by atoms with Crippen molar-refractivity contribution in [3.05, 3.63) is 128 Å². The largest absolute Gasteiger partial charge is 0.254 e. The number of nitrogens with zero attached hydrogens (tertiary/aromatic N) is 5. The topological polar surface area (TPSA) is 64.5 Å². The summed E-state index contributed by atoms with van der Waals surface area (Å²) in [6, 6.07) is 41.0. The van der Waals surface area contributed by atoms with Crippen molar-refractivity contribution in [2.45, 2.75) is 0 Å². The Balaban J connectivity index is 1.45. The van der Waals surface area contributed by atoms with Crippen molar-refractivity contribution in [2.24, 2.45) is 0 Å². The standard InChI is InChI=1S/C35H21N5/c1-3-10-22(11-4-1)29-21-30(38-34(37-29)24-12-5-2-6-13-24)33-27-16-8-7-15-26(27)28-20-25-18-17-23-14-9-19-36-31(23)32(25)39-35(28)40-33/h1-21H. The van der Waals surface area contributed by atoms with E-state index in [0.29, 0.717) is 11.5 Å². The van der Waals surface area contributed by atoms with Gasteiger partial charge in [0.2, 0.25) is 0 Å². The highest BCUT2D eigenvalue weighted by atomic mass is 14.9. The van der Waals surface area contributed by atoms with Gasteiger partial charge in [0.15, 0.2) is 11.5 Å². The molecule has 0 spiro atoms. The molecule has 0 amide bonds. The van der Waals surface area contributed by atoms with E-state index in [2.05, 4.69) is 59.6 Å². The monoisotopic (exact) mass is 511 g/mol. The number of hydrogen-bond acceptors (Lipinski definition) is 5. The molecule has 4 heterocycles. The van der Waals surface area contributed by atoms with Crippen LogP contribution in [-0.2, 0) is 0 Å². The minimum Gasteiger partial charge on any atom is -0.254 e.